The molecule has 1 N–H and O–H groups in total. The molecule has 1 aliphatic heterocycles. The van der Waals surface area contributed by atoms with Crippen molar-refractivity contribution in [2.75, 3.05) is 0 Å². The molecule has 0 amide bonds. The Bertz CT molecular complexity index is 277. The number of aldehydes is 1. The first-order valence-corrected chi connectivity index (χ1v) is 9.02. The highest BCUT2D eigenvalue weighted by Crippen LogP contribution is 2.38. The molecule has 2 saturated carbocycles. The molecule has 20 heavy (non-hydrogen) atoms. The Morgan fingerprint density at radius 2 is 1.15 bits per heavy atom. The van der Waals surface area contributed by atoms with Gasteiger partial charge in [0.1, 0.15) is 6.29 Å². The minimum Gasteiger partial charge on any atom is -0.429 e. The fourth-order valence-electron chi connectivity index (χ4n) is 4.86. The summed E-state index contributed by atoms with van der Waals surface area (Å²) >= 11 is 0. The number of hydrogen-bond donors (Lipinski definition) is 0. The molecule has 2 nitrogen and oxygen atoms in total. The average molecular weight is 279 g/mol. The molecule has 3 aliphatic rings. The molecular weight excluding hydrogens is 248 g/mol. The molecule has 0 bridgehead atoms. The molecule has 0 radical (unpaired) electrons. The first kappa shape index (κ1) is 14.6. The fourth-order valence-corrected chi connectivity index (χ4v) is 4.86. The summed E-state index contributed by atoms with van der Waals surface area (Å²) in [5, 5.41) is 0. The monoisotopic (exact) mass is 279 g/mol. The third kappa shape index (κ3) is 3.44. The predicted molar refractivity (Wildman–Crippen MR) is 81.7 cm³/mol. The number of aliphatic hydroxyl groups is 2. The predicted octanol–water partition coefficient (Wildman–Crippen LogP) is 4.02. The van der Waals surface area contributed by atoms with E-state index in [0.29, 0.717) is 18.1 Å². The highest BCUT2D eigenvalue weighted by molar-refractivity contribution is 5.53. The van der Waals surface area contributed by atoms with Crippen LogP contribution >= 0.6 is 0 Å². The van der Waals surface area contributed by atoms with Gasteiger partial charge in [-0.25, -0.2) is 0 Å². The van der Waals surface area contributed by atoms with Crippen LogP contribution in [0.1, 0.15) is 77.0 Å². The van der Waals surface area contributed by atoms with Gasteiger partial charge in [0.2, 0.25) is 0 Å². The number of rotatable bonds is 3. The normalized spacial score (nSPS) is 37.7. The SMILES string of the molecule is O=CC1CC(C2CCCCC2)[OH+]C(C2CCCCC2)C1. The number of ether oxygens (including phenoxy) is 1. The molecular formula is C18H31O2+. The van der Waals surface area contributed by atoms with Gasteiger partial charge in [-0.1, -0.05) is 38.5 Å². The van der Waals surface area contributed by atoms with E-state index >= 15 is 0 Å². The van der Waals surface area contributed by atoms with Crippen LogP contribution in [-0.4, -0.2) is 23.2 Å². The molecule has 114 valence electrons. The molecule has 0 aromatic rings. The van der Waals surface area contributed by atoms with Crippen molar-refractivity contribution >= 4 is 6.29 Å². The lowest BCUT2D eigenvalue weighted by Crippen LogP contribution is -2.45. The molecule has 3 rings (SSSR count). The van der Waals surface area contributed by atoms with Crippen LogP contribution in [0.5, 0.6) is 0 Å². The zero-order valence-corrected chi connectivity index (χ0v) is 12.8. The minimum atomic E-state index is 0.298. The maximum atomic E-state index is 11.4. The Kier molecular flexibility index (Phi) is 5.14. The van der Waals surface area contributed by atoms with E-state index in [-0.39, 0.29) is 0 Å². The summed E-state index contributed by atoms with van der Waals surface area (Å²) in [6.07, 6.45) is 18.1. The lowest BCUT2D eigenvalue weighted by atomic mass is 9.76. The van der Waals surface area contributed by atoms with Gasteiger partial charge in [-0.05, 0) is 25.7 Å². The molecule has 0 spiro atoms. The zero-order valence-electron chi connectivity index (χ0n) is 12.8. The van der Waals surface area contributed by atoms with Gasteiger partial charge in [0.05, 0.1) is 0 Å². The quantitative estimate of drug-likeness (QED) is 0.567. The van der Waals surface area contributed by atoms with Gasteiger partial charge in [-0.15, -0.1) is 0 Å². The molecule has 2 unspecified atom stereocenters. The molecule has 1 saturated heterocycles. The van der Waals surface area contributed by atoms with Crippen LogP contribution in [0.3, 0.4) is 0 Å². The van der Waals surface area contributed by atoms with E-state index in [9.17, 15) is 4.79 Å². The van der Waals surface area contributed by atoms with Crippen molar-refractivity contribution < 1.29 is 9.53 Å². The van der Waals surface area contributed by atoms with Crippen molar-refractivity contribution in [1.29, 1.82) is 0 Å². The van der Waals surface area contributed by atoms with Gasteiger partial charge in [0.15, 0.2) is 12.2 Å². The lowest BCUT2D eigenvalue weighted by molar-refractivity contribution is -0.238. The van der Waals surface area contributed by atoms with Gasteiger partial charge in [-0.3, -0.25) is 0 Å². The van der Waals surface area contributed by atoms with Crippen LogP contribution in [0.2, 0.25) is 0 Å². The molecule has 2 aliphatic carbocycles. The highest BCUT2D eigenvalue weighted by atomic mass is 16.5. The van der Waals surface area contributed by atoms with Crippen molar-refractivity contribution in [3.05, 3.63) is 0 Å². The van der Waals surface area contributed by atoms with Crippen molar-refractivity contribution in [3.8, 4) is 0 Å². The van der Waals surface area contributed by atoms with Crippen molar-refractivity contribution in [2.24, 2.45) is 17.8 Å². The standard InChI is InChI=1S/C18H30O2/c19-13-14-11-17(15-7-3-1-4-8-15)20-18(12-14)16-9-5-2-6-10-16/h13-18H,1-12H2/p+1. The van der Waals surface area contributed by atoms with E-state index in [1.165, 1.54) is 70.5 Å². The smallest absolute Gasteiger partial charge is 0.158 e. The average Bonchev–Trinajstić information content (AvgIpc) is 2.56. The molecule has 3 fully saturated rings. The lowest BCUT2D eigenvalue weighted by Gasteiger charge is -2.39. The largest absolute Gasteiger partial charge is 0.429 e. The first-order valence-electron chi connectivity index (χ1n) is 9.02. The molecule has 0 aromatic carbocycles. The van der Waals surface area contributed by atoms with Crippen LogP contribution in [-0.2, 0) is 4.79 Å². The second-order valence-corrected chi connectivity index (χ2v) is 7.45. The van der Waals surface area contributed by atoms with Crippen LogP contribution < -0.4 is 0 Å². The van der Waals surface area contributed by atoms with E-state index in [2.05, 4.69) is 0 Å². The van der Waals surface area contributed by atoms with Gasteiger partial charge in [0.25, 0.3) is 0 Å². The summed E-state index contributed by atoms with van der Waals surface area (Å²) in [6, 6.07) is 0. The van der Waals surface area contributed by atoms with Crippen LogP contribution in [0.15, 0.2) is 0 Å². The third-order valence-corrected chi connectivity index (χ3v) is 6.05. The van der Waals surface area contributed by atoms with E-state index < -0.39 is 0 Å². The Morgan fingerprint density at radius 3 is 1.55 bits per heavy atom. The second-order valence-electron chi connectivity index (χ2n) is 7.45. The summed E-state index contributed by atoms with van der Waals surface area (Å²) in [4.78, 5) is 11.4. The summed E-state index contributed by atoms with van der Waals surface area (Å²) < 4.78 is 5.27. The maximum Gasteiger partial charge on any atom is 0.158 e. The van der Waals surface area contributed by atoms with Crippen LogP contribution in [0, 0.1) is 17.8 Å². The van der Waals surface area contributed by atoms with E-state index in [0.717, 1.165) is 24.7 Å². The molecule has 2 heteroatoms. The summed E-state index contributed by atoms with van der Waals surface area (Å²) in [5.41, 5.74) is 0. The minimum absolute atomic E-state index is 0.298. The fraction of sp³-hybridized carbons (Fsp3) is 0.944. The highest BCUT2D eigenvalue weighted by Gasteiger charge is 2.41. The van der Waals surface area contributed by atoms with Crippen molar-refractivity contribution in [1.82, 2.24) is 0 Å². The topological polar surface area (TPSA) is 29.9 Å². The van der Waals surface area contributed by atoms with Gasteiger partial charge >= 0.3 is 0 Å². The number of carbonyl (C=O) groups excluding carboxylic acids is 1. The third-order valence-electron chi connectivity index (χ3n) is 6.05. The van der Waals surface area contributed by atoms with Gasteiger partial charge in [-0.2, -0.15) is 0 Å². The molecule has 2 atom stereocenters. The Labute approximate surface area is 123 Å². The Balaban J connectivity index is 1.63. The van der Waals surface area contributed by atoms with E-state index in [1.54, 1.807) is 0 Å². The zero-order chi connectivity index (χ0) is 13.8. The van der Waals surface area contributed by atoms with Gasteiger partial charge < -0.3 is 9.53 Å². The Morgan fingerprint density at radius 1 is 0.700 bits per heavy atom. The molecule has 1 heterocycles. The van der Waals surface area contributed by atoms with E-state index in [4.69, 9.17) is 4.74 Å². The summed E-state index contributed by atoms with van der Waals surface area (Å²) in [6.45, 7) is 0. The number of carbonyl (C=O) groups is 1. The van der Waals surface area contributed by atoms with Crippen molar-refractivity contribution in [3.63, 3.8) is 0 Å². The Hall–Kier alpha value is -0.370. The second kappa shape index (κ2) is 7.06. The molecule has 0 aromatic heterocycles. The summed E-state index contributed by atoms with van der Waals surface area (Å²) in [7, 11) is 0. The maximum absolute atomic E-state index is 11.4. The van der Waals surface area contributed by atoms with Crippen molar-refractivity contribution in [2.45, 2.75) is 89.3 Å². The van der Waals surface area contributed by atoms with E-state index in [1.807, 2.05) is 0 Å². The van der Waals surface area contributed by atoms with Crippen LogP contribution in [0.25, 0.3) is 0 Å². The van der Waals surface area contributed by atoms with Crippen LogP contribution in [0.4, 0.5) is 0 Å². The first-order chi connectivity index (χ1) is 9.86. The van der Waals surface area contributed by atoms with Gasteiger partial charge in [0, 0.05) is 30.6 Å². The number of hydrogen-bond acceptors (Lipinski definition) is 1. The summed E-state index contributed by atoms with van der Waals surface area (Å²) in [5.74, 6) is 1.88.